The van der Waals surface area contributed by atoms with Gasteiger partial charge in [0.25, 0.3) is 0 Å². The third kappa shape index (κ3) is 2.99. The second-order valence-electron chi connectivity index (χ2n) is 4.55. The maximum atomic E-state index is 6.06. The molecule has 0 bridgehead atoms. The molecule has 90 valence electrons. The van der Waals surface area contributed by atoms with Crippen LogP contribution >= 0.6 is 22.9 Å². The van der Waals surface area contributed by atoms with E-state index in [1.165, 1.54) is 4.88 Å². The van der Waals surface area contributed by atoms with Gasteiger partial charge in [0, 0.05) is 23.0 Å². The van der Waals surface area contributed by atoms with Crippen LogP contribution in [0.1, 0.15) is 18.7 Å². The summed E-state index contributed by atoms with van der Waals surface area (Å²) in [4.78, 5) is 5.58. The van der Waals surface area contributed by atoms with E-state index in [0.717, 1.165) is 12.4 Å². The van der Waals surface area contributed by atoms with Gasteiger partial charge in [-0.1, -0.05) is 31.5 Å². The van der Waals surface area contributed by atoms with Gasteiger partial charge in [-0.25, -0.2) is 4.98 Å². The molecular formula is C13H15ClN2S. The summed E-state index contributed by atoms with van der Waals surface area (Å²) >= 11 is 7.83. The molecule has 0 atom stereocenters. The summed E-state index contributed by atoms with van der Waals surface area (Å²) in [7, 11) is 0. The molecule has 0 radical (unpaired) electrons. The lowest BCUT2D eigenvalue weighted by Gasteiger charge is -2.24. The molecule has 0 unspecified atom stereocenters. The summed E-state index contributed by atoms with van der Waals surface area (Å²) in [5.74, 6) is 0.749. The molecule has 2 aromatic rings. The van der Waals surface area contributed by atoms with Gasteiger partial charge in [-0.15, -0.1) is 11.3 Å². The summed E-state index contributed by atoms with van der Waals surface area (Å²) in [6.45, 7) is 5.23. The summed E-state index contributed by atoms with van der Waals surface area (Å²) < 4.78 is 0. The fourth-order valence-corrected chi connectivity index (χ4v) is 2.61. The molecule has 0 aliphatic carbocycles. The summed E-state index contributed by atoms with van der Waals surface area (Å²) in [5, 5.41) is 6.07. The molecule has 2 nitrogen and oxygen atoms in total. The smallest absolute Gasteiger partial charge is 0.144 e. The van der Waals surface area contributed by atoms with Crippen LogP contribution in [0.15, 0.2) is 35.8 Å². The fourth-order valence-electron chi connectivity index (χ4n) is 1.57. The summed E-state index contributed by atoms with van der Waals surface area (Å²) in [6, 6.07) is 7.91. The number of rotatable bonds is 4. The minimum atomic E-state index is 0.0784. The van der Waals surface area contributed by atoms with Crippen molar-refractivity contribution in [1.29, 1.82) is 0 Å². The maximum absolute atomic E-state index is 6.06. The first kappa shape index (κ1) is 12.4. The van der Waals surface area contributed by atoms with Gasteiger partial charge in [0.05, 0.1) is 5.02 Å². The first-order chi connectivity index (χ1) is 8.09. The van der Waals surface area contributed by atoms with Crippen molar-refractivity contribution in [3.05, 3.63) is 45.7 Å². The zero-order chi connectivity index (χ0) is 12.3. The van der Waals surface area contributed by atoms with Crippen LogP contribution in [-0.2, 0) is 5.41 Å². The Labute approximate surface area is 111 Å². The molecule has 4 heteroatoms. The Kier molecular flexibility index (Phi) is 3.69. The van der Waals surface area contributed by atoms with Crippen molar-refractivity contribution in [1.82, 2.24) is 4.98 Å². The average Bonchev–Trinajstić information content (AvgIpc) is 2.82. The predicted octanol–water partition coefficient (Wildman–Crippen LogP) is 4.19. The Morgan fingerprint density at radius 2 is 2.18 bits per heavy atom. The molecular weight excluding hydrogens is 252 g/mol. The van der Waals surface area contributed by atoms with Gasteiger partial charge in [0.1, 0.15) is 5.82 Å². The largest absolute Gasteiger partial charge is 0.368 e. The van der Waals surface area contributed by atoms with Crippen LogP contribution < -0.4 is 5.32 Å². The number of nitrogens with zero attached hydrogens (tertiary/aromatic N) is 1. The first-order valence-corrected chi connectivity index (χ1v) is 6.74. The minimum Gasteiger partial charge on any atom is -0.368 e. The zero-order valence-electron chi connectivity index (χ0n) is 9.90. The fraction of sp³-hybridized carbons (Fsp3) is 0.308. The third-order valence-electron chi connectivity index (χ3n) is 2.64. The lowest BCUT2D eigenvalue weighted by molar-refractivity contribution is 0.568. The molecule has 0 spiro atoms. The minimum absolute atomic E-state index is 0.0784. The van der Waals surface area contributed by atoms with Crippen LogP contribution in [0.4, 0.5) is 5.82 Å². The number of hydrogen-bond acceptors (Lipinski definition) is 3. The van der Waals surface area contributed by atoms with E-state index in [2.05, 4.69) is 41.7 Å². The highest BCUT2D eigenvalue weighted by molar-refractivity contribution is 7.10. The van der Waals surface area contributed by atoms with Gasteiger partial charge in [-0.3, -0.25) is 0 Å². The molecule has 0 aliphatic heterocycles. The highest BCUT2D eigenvalue weighted by atomic mass is 35.5. The van der Waals surface area contributed by atoms with Gasteiger partial charge in [-0.2, -0.15) is 0 Å². The second-order valence-corrected chi connectivity index (χ2v) is 5.90. The molecule has 2 rings (SSSR count). The van der Waals surface area contributed by atoms with Crippen LogP contribution in [-0.4, -0.2) is 11.5 Å². The lowest BCUT2D eigenvalue weighted by Crippen LogP contribution is -2.26. The first-order valence-electron chi connectivity index (χ1n) is 5.48. The van der Waals surface area contributed by atoms with E-state index in [-0.39, 0.29) is 5.41 Å². The summed E-state index contributed by atoms with van der Waals surface area (Å²) in [6.07, 6.45) is 1.74. The second kappa shape index (κ2) is 5.07. The van der Waals surface area contributed by atoms with Crippen molar-refractivity contribution in [3.63, 3.8) is 0 Å². The highest BCUT2D eigenvalue weighted by Crippen LogP contribution is 2.28. The Hall–Kier alpha value is -1.06. The lowest BCUT2D eigenvalue weighted by atomic mass is 9.91. The van der Waals surface area contributed by atoms with Crippen molar-refractivity contribution >= 4 is 28.8 Å². The normalized spacial score (nSPS) is 11.5. The Morgan fingerprint density at radius 1 is 1.35 bits per heavy atom. The van der Waals surface area contributed by atoms with E-state index >= 15 is 0 Å². The molecule has 0 fully saturated rings. The van der Waals surface area contributed by atoms with Crippen LogP contribution in [0.5, 0.6) is 0 Å². The van der Waals surface area contributed by atoms with Crippen LogP contribution in [0.2, 0.25) is 5.02 Å². The topological polar surface area (TPSA) is 24.9 Å². The Morgan fingerprint density at radius 3 is 2.82 bits per heavy atom. The monoisotopic (exact) mass is 266 g/mol. The third-order valence-corrected chi connectivity index (χ3v) is 4.19. The number of thiophene rings is 1. The van der Waals surface area contributed by atoms with Crippen molar-refractivity contribution in [2.75, 3.05) is 11.9 Å². The average molecular weight is 267 g/mol. The maximum Gasteiger partial charge on any atom is 0.144 e. The molecule has 17 heavy (non-hydrogen) atoms. The number of nitrogens with one attached hydrogen (secondary N) is 1. The number of halogens is 1. The highest BCUT2D eigenvalue weighted by Gasteiger charge is 2.21. The van der Waals surface area contributed by atoms with Crippen LogP contribution in [0.3, 0.4) is 0 Å². The molecule has 2 aromatic heterocycles. The van der Waals surface area contributed by atoms with Gasteiger partial charge in [0.2, 0.25) is 0 Å². The van der Waals surface area contributed by atoms with Gasteiger partial charge >= 0.3 is 0 Å². The standard InChI is InChI=1S/C13H15ClN2S/c1-13(2,11-6-4-8-17-11)9-16-12-10(14)5-3-7-15-12/h3-8H,9H2,1-2H3,(H,15,16). The molecule has 0 saturated carbocycles. The number of anilines is 1. The molecule has 1 N–H and O–H groups in total. The van der Waals surface area contributed by atoms with E-state index in [1.54, 1.807) is 17.5 Å². The molecule has 0 aromatic carbocycles. The van der Waals surface area contributed by atoms with Crippen molar-refractivity contribution in [3.8, 4) is 0 Å². The van der Waals surface area contributed by atoms with E-state index in [4.69, 9.17) is 11.6 Å². The van der Waals surface area contributed by atoms with E-state index < -0.39 is 0 Å². The van der Waals surface area contributed by atoms with Gasteiger partial charge in [0.15, 0.2) is 0 Å². The van der Waals surface area contributed by atoms with Crippen LogP contribution in [0, 0.1) is 0 Å². The predicted molar refractivity (Wildman–Crippen MR) is 75.1 cm³/mol. The van der Waals surface area contributed by atoms with Gasteiger partial charge in [-0.05, 0) is 23.6 Å². The van der Waals surface area contributed by atoms with E-state index in [9.17, 15) is 0 Å². The van der Waals surface area contributed by atoms with Crippen molar-refractivity contribution in [2.24, 2.45) is 0 Å². The molecule has 0 saturated heterocycles. The number of hydrogen-bond donors (Lipinski definition) is 1. The summed E-state index contributed by atoms with van der Waals surface area (Å²) in [5.41, 5.74) is 0.0784. The van der Waals surface area contributed by atoms with E-state index in [0.29, 0.717) is 5.02 Å². The van der Waals surface area contributed by atoms with Crippen molar-refractivity contribution < 1.29 is 0 Å². The number of aromatic nitrogens is 1. The Bertz CT molecular complexity index is 480. The Balaban J connectivity index is 2.06. The number of pyridine rings is 1. The SMILES string of the molecule is CC(C)(CNc1ncccc1Cl)c1cccs1. The molecule has 0 aliphatic rings. The molecule has 0 amide bonds. The quantitative estimate of drug-likeness (QED) is 0.898. The van der Waals surface area contributed by atoms with E-state index in [1.807, 2.05) is 12.1 Å². The zero-order valence-corrected chi connectivity index (χ0v) is 11.5. The van der Waals surface area contributed by atoms with Crippen LogP contribution in [0.25, 0.3) is 0 Å². The van der Waals surface area contributed by atoms with Gasteiger partial charge < -0.3 is 5.32 Å². The van der Waals surface area contributed by atoms with Crippen molar-refractivity contribution in [2.45, 2.75) is 19.3 Å². The molecule has 2 heterocycles.